The Morgan fingerprint density at radius 3 is 2.81 bits per heavy atom. The Morgan fingerprint density at radius 1 is 1.43 bits per heavy atom. The molecule has 1 aromatic carbocycles. The Hall–Kier alpha value is -2.35. The van der Waals surface area contributed by atoms with Gasteiger partial charge >= 0.3 is 0 Å². The third-order valence-corrected chi connectivity index (χ3v) is 3.28. The molecule has 0 spiro atoms. The van der Waals surface area contributed by atoms with Gasteiger partial charge < -0.3 is 10.1 Å². The monoisotopic (exact) mass is 288 g/mol. The fraction of sp³-hybridized carbons (Fsp3) is 0.438. The highest BCUT2D eigenvalue weighted by Gasteiger charge is 2.15. The number of carbonyl (C=O) groups is 1. The lowest BCUT2D eigenvalue weighted by molar-refractivity contribution is -0.384. The van der Waals surface area contributed by atoms with Crippen LogP contribution in [-0.4, -0.2) is 17.8 Å². The number of carbonyl (C=O) groups excluding carboxylic acids is 1. The van der Waals surface area contributed by atoms with Gasteiger partial charge in [0.25, 0.3) is 5.69 Å². The van der Waals surface area contributed by atoms with Gasteiger partial charge in [-0.2, -0.15) is 0 Å². The minimum Gasteiger partial charge on any atom is -0.379 e. The normalized spacial score (nSPS) is 11.4. The minimum atomic E-state index is -0.401. The van der Waals surface area contributed by atoms with Gasteiger partial charge in [-0.15, -0.1) is 6.42 Å². The van der Waals surface area contributed by atoms with Crippen molar-refractivity contribution >= 4 is 17.7 Å². The van der Waals surface area contributed by atoms with E-state index in [9.17, 15) is 14.9 Å². The van der Waals surface area contributed by atoms with Crippen molar-refractivity contribution in [2.24, 2.45) is 0 Å². The molecular formula is C16H20N2O3. The van der Waals surface area contributed by atoms with Crippen LogP contribution in [-0.2, 0) is 4.79 Å². The molecule has 0 amide bonds. The predicted molar refractivity (Wildman–Crippen MR) is 83.4 cm³/mol. The number of aldehydes is 1. The maximum Gasteiger partial charge on any atom is 0.292 e. The van der Waals surface area contributed by atoms with Crippen LogP contribution in [0.15, 0.2) is 18.2 Å². The molecule has 1 rings (SSSR count). The fourth-order valence-electron chi connectivity index (χ4n) is 1.97. The molecule has 0 saturated heterocycles. The molecule has 1 atom stereocenters. The molecular weight excluding hydrogens is 268 g/mol. The molecule has 1 aromatic rings. The van der Waals surface area contributed by atoms with Gasteiger partial charge in [0.2, 0.25) is 0 Å². The first-order chi connectivity index (χ1) is 10.1. The van der Waals surface area contributed by atoms with E-state index < -0.39 is 4.92 Å². The second-order valence-corrected chi connectivity index (χ2v) is 4.86. The highest BCUT2D eigenvalue weighted by molar-refractivity contribution is 5.63. The number of nitro benzene ring substituents is 1. The van der Waals surface area contributed by atoms with E-state index in [1.54, 1.807) is 6.07 Å². The zero-order valence-electron chi connectivity index (χ0n) is 12.2. The van der Waals surface area contributed by atoms with Crippen LogP contribution in [0.5, 0.6) is 0 Å². The molecule has 21 heavy (non-hydrogen) atoms. The summed E-state index contributed by atoms with van der Waals surface area (Å²) in [5.74, 6) is 2.42. The average molecular weight is 288 g/mol. The second-order valence-electron chi connectivity index (χ2n) is 4.86. The van der Waals surface area contributed by atoms with E-state index in [-0.39, 0.29) is 11.6 Å². The van der Waals surface area contributed by atoms with Gasteiger partial charge in [-0.1, -0.05) is 18.4 Å². The topological polar surface area (TPSA) is 72.2 Å². The van der Waals surface area contributed by atoms with Crippen LogP contribution in [0.4, 0.5) is 11.4 Å². The van der Waals surface area contributed by atoms with Crippen LogP contribution in [0.3, 0.4) is 0 Å². The van der Waals surface area contributed by atoms with Gasteiger partial charge in [-0.25, -0.2) is 0 Å². The number of nitro groups is 1. The maximum atomic E-state index is 11.1. The van der Waals surface area contributed by atoms with E-state index >= 15 is 0 Å². The molecule has 0 aromatic heterocycles. The summed E-state index contributed by atoms with van der Waals surface area (Å²) in [6, 6.07) is 5.04. The van der Waals surface area contributed by atoms with Gasteiger partial charge in [0.15, 0.2) is 0 Å². The van der Waals surface area contributed by atoms with Gasteiger partial charge in [0, 0.05) is 24.9 Å². The number of anilines is 1. The molecule has 1 unspecified atom stereocenters. The Labute approximate surface area is 124 Å². The lowest BCUT2D eigenvalue weighted by Crippen LogP contribution is -2.05. The van der Waals surface area contributed by atoms with Crippen molar-refractivity contribution in [2.45, 2.75) is 38.5 Å². The molecule has 0 aliphatic rings. The third kappa shape index (κ3) is 5.27. The summed E-state index contributed by atoms with van der Waals surface area (Å²) in [4.78, 5) is 20.9. The summed E-state index contributed by atoms with van der Waals surface area (Å²) in [6.45, 7) is 2.48. The number of unbranched alkanes of at least 4 members (excludes halogenated alkanes) is 3. The minimum absolute atomic E-state index is 0.0440. The van der Waals surface area contributed by atoms with Crippen molar-refractivity contribution in [1.82, 2.24) is 0 Å². The van der Waals surface area contributed by atoms with Crippen molar-refractivity contribution in [2.75, 3.05) is 11.9 Å². The second kappa shape index (κ2) is 8.75. The number of hydrogen-bond donors (Lipinski definition) is 1. The summed E-state index contributed by atoms with van der Waals surface area (Å²) in [6.07, 6.45) is 9.46. The number of terminal acetylenes is 1. The molecule has 0 saturated carbocycles. The zero-order chi connectivity index (χ0) is 15.7. The first-order valence-corrected chi connectivity index (χ1v) is 7.02. The summed E-state index contributed by atoms with van der Waals surface area (Å²) >= 11 is 0. The molecule has 112 valence electrons. The largest absolute Gasteiger partial charge is 0.379 e. The van der Waals surface area contributed by atoms with Gasteiger partial charge in [-0.05, 0) is 31.4 Å². The molecule has 0 bridgehead atoms. The number of benzene rings is 1. The number of rotatable bonds is 9. The van der Waals surface area contributed by atoms with Crippen molar-refractivity contribution in [3.63, 3.8) is 0 Å². The molecule has 0 heterocycles. The standard InChI is InChI=1S/C16H20N2O3/c1-3-13(2)14-8-9-15(16(12-14)18(20)21)17-10-6-4-5-7-11-19/h1,8-9,11-13,17H,4-7,10H2,2H3. The summed E-state index contributed by atoms with van der Waals surface area (Å²) in [7, 11) is 0. The molecule has 5 heteroatoms. The smallest absolute Gasteiger partial charge is 0.292 e. The van der Waals surface area contributed by atoms with Gasteiger partial charge in [-0.3, -0.25) is 10.1 Å². The van der Waals surface area contributed by atoms with Crippen molar-refractivity contribution in [1.29, 1.82) is 0 Å². The van der Waals surface area contributed by atoms with Crippen LogP contribution >= 0.6 is 0 Å². The maximum absolute atomic E-state index is 11.1. The van der Waals surface area contributed by atoms with Crippen molar-refractivity contribution in [3.05, 3.63) is 33.9 Å². The van der Waals surface area contributed by atoms with E-state index in [1.807, 2.05) is 13.0 Å². The quantitative estimate of drug-likeness (QED) is 0.248. The lowest BCUT2D eigenvalue weighted by atomic mass is 10.0. The summed E-state index contributed by atoms with van der Waals surface area (Å²) < 4.78 is 0. The summed E-state index contributed by atoms with van der Waals surface area (Å²) in [5.41, 5.74) is 1.31. The number of nitrogens with zero attached hydrogens (tertiary/aromatic N) is 1. The third-order valence-electron chi connectivity index (χ3n) is 3.28. The SMILES string of the molecule is C#CC(C)c1ccc(NCCCCCC=O)c([N+](=O)[O-])c1. The van der Waals surface area contributed by atoms with E-state index in [0.29, 0.717) is 18.7 Å². The van der Waals surface area contributed by atoms with Gasteiger partial charge in [0.05, 0.1) is 4.92 Å². The first kappa shape index (κ1) is 16.7. The van der Waals surface area contributed by atoms with Crippen LogP contribution < -0.4 is 5.32 Å². The molecule has 0 radical (unpaired) electrons. The summed E-state index contributed by atoms with van der Waals surface area (Å²) in [5, 5.41) is 14.2. The Balaban J connectivity index is 2.67. The number of hydrogen-bond acceptors (Lipinski definition) is 4. The van der Waals surface area contributed by atoms with Crippen LogP contribution in [0.25, 0.3) is 0 Å². The van der Waals surface area contributed by atoms with Gasteiger partial charge in [0.1, 0.15) is 12.0 Å². The van der Waals surface area contributed by atoms with E-state index in [4.69, 9.17) is 6.42 Å². The van der Waals surface area contributed by atoms with E-state index in [0.717, 1.165) is 31.1 Å². The highest BCUT2D eigenvalue weighted by atomic mass is 16.6. The molecule has 1 N–H and O–H groups in total. The highest BCUT2D eigenvalue weighted by Crippen LogP contribution is 2.28. The van der Waals surface area contributed by atoms with Crippen LogP contribution in [0.1, 0.15) is 44.1 Å². The van der Waals surface area contributed by atoms with Crippen LogP contribution in [0, 0.1) is 22.5 Å². The average Bonchev–Trinajstić information content (AvgIpc) is 2.49. The van der Waals surface area contributed by atoms with E-state index in [2.05, 4.69) is 11.2 Å². The molecule has 0 aliphatic heterocycles. The Kier molecular flexibility index (Phi) is 6.96. The lowest BCUT2D eigenvalue weighted by Gasteiger charge is -2.10. The fourth-order valence-corrected chi connectivity index (χ4v) is 1.97. The Bertz CT molecular complexity index is 535. The predicted octanol–water partition coefficient (Wildman–Crippen LogP) is 3.50. The number of nitrogens with one attached hydrogen (secondary N) is 1. The molecule has 0 fully saturated rings. The molecule has 5 nitrogen and oxygen atoms in total. The van der Waals surface area contributed by atoms with Crippen LogP contribution in [0.2, 0.25) is 0 Å². The first-order valence-electron chi connectivity index (χ1n) is 7.02. The zero-order valence-corrected chi connectivity index (χ0v) is 12.2. The van der Waals surface area contributed by atoms with E-state index in [1.165, 1.54) is 6.07 Å². The Morgan fingerprint density at radius 2 is 2.19 bits per heavy atom. The molecule has 0 aliphatic carbocycles. The van der Waals surface area contributed by atoms with Crippen molar-refractivity contribution in [3.8, 4) is 12.3 Å². The van der Waals surface area contributed by atoms with Crippen molar-refractivity contribution < 1.29 is 9.72 Å².